The van der Waals surface area contributed by atoms with Gasteiger partial charge in [0.15, 0.2) is 14.8 Å². The fourth-order valence-corrected chi connectivity index (χ4v) is 4.23. The van der Waals surface area contributed by atoms with Crippen molar-refractivity contribution in [1.82, 2.24) is 0 Å². The normalized spacial score (nSPS) is 22.9. The van der Waals surface area contributed by atoms with Crippen LogP contribution in [-0.4, -0.2) is 37.4 Å². The van der Waals surface area contributed by atoms with E-state index in [-0.39, 0.29) is 20.8 Å². The standard InChI is InChI=1S/C11H16N2O5S2/c1-20(17,18)10-5-8(13(15)16)11(19-10)12-6-7-3-2-4-9(7)14/h5,7,9,12,14H,2-4,6H2,1H3. The zero-order valence-electron chi connectivity index (χ0n) is 10.9. The van der Waals surface area contributed by atoms with Gasteiger partial charge in [-0.1, -0.05) is 17.8 Å². The summed E-state index contributed by atoms with van der Waals surface area (Å²) < 4.78 is 22.9. The number of nitro groups is 1. The van der Waals surface area contributed by atoms with Crippen LogP contribution in [0.25, 0.3) is 0 Å². The van der Waals surface area contributed by atoms with Gasteiger partial charge in [0, 0.05) is 24.8 Å². The van der Waals surface area contributed by atoms with Gasteiger partial charge in [0.2, 0.25) is 0 Å². The third-order valence-electron chi connectivity index (χ3n) is 3.40. The minimum Gasteiger partial charge on any atom is -0.393 e. The van der Waals surface area contributed by atoms with Crippen LogP contribution in [0.1, 0.15) is 19.3 Å². The molecule has 0 spiro atoms. The number of aliphatic hydroxyl groups excluding tert-OH is 1. The highest BCUT2D eigenvalue weighted by atomic mass is 32.2. The summed E-state index contributed by atoms with van der Waals surface area (Å²) in [5.41, 5.74) is -0.233. The fraction of sp³-hybridized carbons (Fsp3) is 0.636. The molecule has 2 N–H and O–H groups in total. The molecule has 2 atom stereocenters. The van der Waals surface area contributed by atoms with Crippen molar-refractivity contribution in [3.63, 3.8) is 0 Å². The smallest absolute Gasteiger partial charge is 0.304 e. The molecule has 112 valence electrons. The molecule has 0 radical (unpaired) electrons. The van der Waals surface area contributed by atoms with Crippen LogP contribution in [0.5, 0.6) is 0 Å². The summed E-state index contributed by atoms with van der Waals surface area (Å²) in [7, 11) is -3.46. The lowest BCUT2D eigenvalue weighted by Gasteiger charge is -2.14. The SMILES string of the molecule is CS(=O)(=O)c1cc([N+](=O)[O-])c(NCC2CCCC2O)s1. The molecule has 0 aromatic carbocycles. The number of rotatable bonds is 5. The zero-order valence-corrected chi connectivity index (χ0v) is 12.5. The van der Waals surface area contributed by atoms with E-state index in [0.717, 1.165) is 42.9 Å². The van der Waals surface area contributed by atoms with E-state index in [0.29, 0.717) is 6.54 Å². The molecule has 1 aromatic rings. The lowest BCUT2D eigenvalue weighted by molar-refractivity contribution is -0.383. The molecular weight excluding hydrogens is 304 g/mol. The maximum Gasteiger partial charge on any atom is 0.304 e. The van der Waals surface area contributed by atoms with E-state index in [9.17, 15) is 23.6 Å². The average molecular weight is 320 g/mol. The molecule has 0 bridgehead atoms. The van der Waals surface area contributed by atoms with E-state index in [1.165, 1.54) is 0 Å². The lowest BCUT2D eigenvalue weighted by Crippen LogP contribution is -2.21. The van der Waals surface area contributed by atoms with Crippen LogP contribution >= 0.6 is 11.3 Å². The molecule has 9 heteroatoms. The first-order valence-corrected chi connectivity index (χ1v) is 8.90. The maximum atomic E-state index is 11.5. The number of nitrogens with zero attached hydrogens (tertiary/aromatic N) is 1. The highest BCUT2D eigenvalue weighted by Gasteiger charge is 2.28. The minimum absolute atomic E-state index is 0.0290. The van der Waals surface area contributed by atoms with Gasteiger partial charge in [0.1, 0.15) is 4.21 Å². The molecule has 1 heterocycles. The van der Waals surface area contributed by atoms with Crippen molar-refractivity contribution in [3.8, 4) is 0 Å². The quantitative estimate of drug-likeness (QED) is 0.630. The van der Waals surface area contributed by atoms with Crippen LogP contribution in [-0.2, 0) is 9.84 Å². The van der Waals surface area contributed by atoms with Gasteiger partial charge in [-0.15, -0.1) is 0 Å². The minimum atomic E-state index is -3.46. The largest absolute Gasteiger partial charge is 0.393 e. The predicted octanol–water partition coefficient (Wildman–Crippen LogP) is 1.63. The summed E-state index contributed by atoms with van der Waals surface area (Å²) in [5.74, 6) is 0.0541. The second-order valence-electron chi connectivity index (χ2n) is 4.95. The first kappa shape index (κ1) is 15.2. The summed E-state index contributed by atoms with van der Waals surface area (Å²) in [6.07, 6.45) is 3.18. The molecule has 0 amide bonds. The molecule has 20 heavy (non-hydrogen) atoms. The highest BCUT2D eigenvalue weighted by Crippen LogP contribution is 2.37. The molecule has 2 unspecified atom stereocenters. The molecular formula is C11H16N2O5S2. The molecule has 1 fully saturated rings. The van der Waals surface area contributed by atoms with E-state index in [1.54, 1.807) is 0 Å². The second kappa shape index (κ2) is 5.66. The van der Waals surface area contributed by atoms with Crippen LogP contribution < -0.4 is 5.32 Å². The van der Waals surface area contributed by atoms with Gasteiger partial charge >= 0.3 is 5.69 Å². The van der Waals surface area contributed by atoms with Crippen molar-refractivity contribution < 1.29 is 18.4 Å². The van der Waals surface area contributed by atoms with Crippen molar-refractivity contribution in [2.45, 2.75) is 29.6 Å². The van der Waals surface area contributed by atoms with Crippen LogP contribution in [0.2, 0.25) is 0 Å². The van der Waals surface area contributed by atoms with Gasteiger partial charge in [0.05, 0.1) is 11.0 Å². The maximum absolute atomic E-state index is 11.5. The Balaban J connectivity index is 2.17. The van der Waals surface area contributed by atoms with Gasteiger partial charge in [-0.25, -0.2) is 8.42 Å². The average Bonchev–Trinajstić information content (AvgIpc) is 2.91. The summed E-state index contributed by atoms with van der Waals surface area (Å²) in [4.78, 5) is 10.4. The lowest BCUT2D eigenvalue weighted by atomic mass is 10.1. The van der Waals surface area contributed by atoms with Crippen molar-refractivity contribution in [2.24, 2.45) is 5.92 Å². The Hall–Kier alpha value is -1.19. The van der Waals surface area contributed by atoms with Crippen molar-refractivity contribution in [3.05, 3.63) is 16.2 Å². The Morgan fingerprint density at radius 2 is 2.25 bits per heavy atom. The molecule has 0 saturated heterocycles. The topological polar surface area (TPSA) is 110 Å². The van der Waals surface area contributed by atoms with E-state index < -0.39 is 20.9 Å². The van der Waals surface area contributed by atoms with Gasteiger partial charge in [-0.3, -0.25) is 10.1 Å². The first-order chi connectivity index (χ1) is 9.29. The van der Waals surface area contributed by atoms with Crippen LogP contribution in [0.15, 0.2) is 10.3 Å². The molecule has 1 aromatic heterocycles. The summed E-state index contributed by atoms with van der Waals surface area (Å²) in [6.45, 7) is 0.408. The number of sulfone groups is 1. The van der Waals surface area contributed by atoms with Crippen LogP contribution in [0.3, 0.4) is 0 Å². The van der Waals surface area contributed by atoms with E-state index in [4.69, 9.17) is 0 Å². The van der Waals surface area contributed by atoms with Crippen molar-refractivity contribution in [2.75, 3.05) is 18.1 Å². The van der Waals surface area contributed by atoms with Gasteiger partial charge < -0.3 is 10.4 Å². The monoisotopic (exact) mass is 320 g/mol. The van der Waals surface area contributed by atoms with Crippen LogP contribution in [0, 0.1) is 16.0 Å². The van der Waals surface area contributed by atoms with Crippen LogP contribution in [0.4, 0.5) is 10.7 Å². The molecule has 0 aliphatic heterocycles. The Kier molecular flexibility index (Phi) is 4.31. The number of aliphatic hydroxyl groups is 1. The Bertz CT molecular complexity index is 610. The summed E-state index contributed by atoms with van der Waals surface area (Å²) >= 11 is 0.857. The third-order valence-corrected chi connectivity index (χ3v) is 6.28. The fourth-order valence-electron chi connectivity index (χ4n) is 2.28. The number of hydrogen-bond donors (Lipinski definition) is 2. The van der Waals surface area contributed by atoms with Gasteiger partial charge in [-0.2, -0.15) is 0 Å². The molecule has 1 aliphatic carbocycles. The van der Waals surface area contributed by atoms with Crippen molar-refractivity contribution >= 4 is 31.9 Å². The third kappa shape index (κ3) is 3.28. The number of hydrogen-bond acceptors (Lipinski definition) is 7. The Labute approximate surface area is 120 Å². The molecule has 2 rings (SSSR count). The molecule has 1 saturated carbocycles. The molecule has 1 aliphatic rings. The van der Waals surface area contributed by atoms with Crippen molar-refractivity contribution in [1.29, 1.82) is 0 Å². The van der Waals surface area contributed by atoms with E-state index >= 15 is 0 Å². The molecule has 7 nitrogen and oxygen atoms in total. The Morgan fingerprint density at radius 1 is 1.55 bits per heavy atom. The number of thiophene rings is 1. The van der Waals surface area contributed by atoms with E-state index in [1.807, 2.05) is 0 Å². The Morgan fingerprint density at radius 3 is 2.75 bits per heavy atom. The number of nitrogens with one attached hydrogen (secondary N) is 1. The van der Waals surface area contributed by atoms with Gasteiger partial charge in [-0.05, 0) is 12.8 Å². The first-order valence-electron chi connectivity index (χ1n) is 6.19. The zero-order chi connectivity index (χ0) is 14.9. The number of anilines is 1. The second-order valence-corrected chi connectivity index (χ2v) is 8.24. The predicted molar refractivity (Wildman–Crippen MR) is 75.9 cm³/mol. The van der Waals surface area contributed by atoms with Gasteiger partial charge in [0.25, 0.3) is 0 Å². The summed E-state index contributed by atoms with van der Waals surface area (Å²) in [5, 5.41) is 23.8. The highest BCUT2D eigenvalue weighted by molar-refractivity contribution is 7.92. The summed E-state index contributed by atoms with van der Waals surface area (Å²) in [6, 6.07) is 1.08. The van der Waals surface area contributed by atoms with E-state index in [2.05, 4.69) is 5.32 Å².